The number of nitrogens with zero attached hydrogens (tertiary/aromatic N) is 3. The van der Waals surface area contributed by atoms with Gasteiger partial charge in [-0.15, -0.1) is 10.2 Å². The largest absolute Gasteiger partial charge is 0.346 e. The first-order valence-electron chi connectivity index (χ1n) is 5.30. The lowest BCUT2D eigenvalue weighted by molar-refractivity contribution is -0.126. The summed E-state index contributed by atoms with van der Waals surface area (Å²) in [5, 5.41) is 16.2. The van der Waals surface area contributed by atoms with Crippen molar-refractivity contribution >= 4 is 5.91 Å². The van der Waals surface area contributed by atoms with E-state index in [1.54, 1.807) is 6.92 Å². The van der Waals surface area contributed by atoms with Crippen molar-refractivity contribution in [2.24, 2.45) is 17.6 Å². The Morgan fingerprint density at radius 3 is 2.62 bits per heavy atom. The molecule has 7 nitrogen and oxygen atoms in total. The zero-order valence-electron chi connectivity index (χ0n) is 9.77. The van der Waals surface area contributed by atoms with Gasteiger partial charge in [-0.2, -0.15) is 5.21 Å². The molecule has 0 bridgehead atoms. The Bertz CT molecular complexity index is 323. The summed E-state index contributed by atoms with van der Waals surface area (Å²) >= 11 is 0. The number of nitrogens with one attached hydrogen (secondary N) is 2. The third-order valence-corrected chi connectivity index (χ3v) is 2.50. The highest BCUT2D eigenvalue weighted by atomic mass is 16.2. The molecule has 1 heterocycles. The number of rotatable bonds is 5. The molecule has 0 aromatic carbocycles. The Balaban J connectivity index is 2.57. The van der Waals surface area contributed by atoms with Crippen molar-refractivity contribution in [1.82, 2.24) is 25.9 Å². The van der Waals surface area contributed by atoms with Crippen molar-refractivity contribution in [3.8, 4) is 0 Å². The number of nitrogens with two attached hydrogens (primary N) is 1. The summed E-state index contributed by atoms with van der Waals surface area (Å²) in [4.78, 5) is 11.8. The topological polar surface area (TPSA) is 110 Å². The minimum Gasteiger partial charge on any atom is -0.346 e. The summed E-state index contributed by atoms with van der Waals surface area (Å²) in [6.45, 7) is 6.07. The van der Waals surface area contributed by atoms with Gasteiger partial charge in [0.2, 0.25) is 5.91 Å². The van der Waals surface area contributed by atoms with Crippen LogP contribution in [0.2, 0.25) is 0 Å². The van der Waals surface area contributed by atoms with Gasteiger partial charge < -0.3 is 11.1 Å². The summed E-state index contributed by atoms with van der Waals surface area (Å²) in [6, 6.07) is -0.265. The van der Waals surface area contributed by atoms with Crippen LogP contribution in [-0.2, 0) is 4.79 Å². The molecule has 1 amide bonds. The molecule has 16 heavy (non-hydrogen) atoms. The Labute approximate surface area is 94.2 Å². The normalized spacial score (nSPS) is 14.8. The maximum absolute atomic E-state index is 11.8. The minimum absolute atomic E-state index is 0.0743. The fraction of sp³-hybridized carbons (Fsp3) is 0.778. The smallest absolute Gasteiger partial charge is 0.225 e. The van der Waals surface area contributed by atoms with Crippen LogP contribution < -0.4 is 11.1 Å². The molecule has 2 unspecified atom stereocenters. The van der Waals surface area contributed by atoms with Gasteiger partial charge in [-0.3, -0.25) is 4.79 Å². The van der Waals surface area contributed by atoms with Crippen LogP contribution in [0.25, 0.3) is 0 Å². The van der Waals surface area contributed by atoms with E-state index in [1.807, 2.05) is 13.8 Å². The Hall–Kier alpha value is -1.50. The molecular formula is C9H18N6O. The van der Waals surface area contributed by atoms with Gasteiger partial charge in [0, 0.05) is 6.54 Å². The van der Waals surface area contributed by atoms with Gasteiger partial charge in [0.1, 0.15) is 0 Å². The first-order valence-corrected chi connectivity index (χ1v) is 5.30. The predicted molar refractivity (Wildman–Crippen MR) is 58.1 cm³/mol. The molecule has 0 saturated carbocycles. The molecule has 0 radical (unpaired) electrons. The van der Waals surface area contributed by atoms with Crippen molar-refractivity contribution in [3.63, 3.8) is 0 Å². The number of carbonyl (C=O) groups excluding carboxylic acids is 1. The molecule has 1 aromatic heterocycles. The summed E-state index contributed by atoms with van der Waals surface area (Å²) in [5.74, 6) is 0.416. The second-order valence-corrected chi connectivity index (χ2v) is 4.09. The van der Waals surface area contributed by atoms with Gasteiger partial charge in [0.25, 0.3) is 0 Å². The average molecular weight is 226 g/mol. The standard InChI is InChI=1S/C9H18N6O/c1-5(2)7(4-10)9(16)11-6(3)8-12-14-15-13-8/h5-7H,4,10H2,1-3H3,(H,11,16)(H,12,13,14,15). The van der Waals surface area contributed by atoms with Crippen LogP contribution in [0.5, 0.6) is 0 Å². The van der Waals surface area contributed by atoms with Gasteiger partial charge in [-0.25, -0.2) is 0 Å². The van der Waals surface area contributed by atoms with E-state index in [9.17, 15) is 4.79 Å². The van der Waals surface area contributed by atoms with E-state index in [2.05, 4.69) is 25.9 Å². The van der Waals surface area contributed by atoms with Gasteiger partial charge >= 0.3 is 0 Å². The second-order valence-electron chi connectivity index (χ2n) is 4.09. The monoisotopic (exact) mass is 226 g/mol. The van der Waals surface area contributed by atoms with Crippen molar-refractivity contribution in [3.05, 3.63) is 5.82 Å². The Morgan fingerprint density at radius 2 is 2.19 bits per heavy atom. The summed E-state index contributed by atoms with van der Waals surface area (Å²) in [7, 11) is 0. The minimum atomic E-state index is -0.265. The molecule has 0 spiro atoms. The molecule has 0 aliphatic carbocycles. The Morgan fingerprint density at radius 1 is 1.50 bits per heavy atom. The van der Waals surface area contributed by atoms with Crippen molar-refractivity contribution in [2.45, 2.75) is 26.8 Å². The highest BCUT2D eigenvalue weighted by Gasteiger charge is 2.23. The molecule has 90 valence electrons. The van der Waals surface area contributed by atoms with Crippen LogP contribution in [-0.4, -0.2) is 33.1 Å². The van der Waals surface area contributed by atoms with E-state index in [-0.39, 0.29) is 23.8 Å². The van der Waals surface area contributed by atoms with Gasteiger partial charge in [0.05, 0.1) is 12.0 Å². The number of aromatic amines is 1. The predicted octanol–water partition coefficient (Wildman–Crippen LogP) is -0.392. The van der Waals surface area contributed by atoms with E-state index >= 15 is 0 Å². The lowest BCUT2D eigenvalue weighted by Gasteiger charge is -2.20. The zero-order valence-corrected chi connectivity index (χ0v) is 9.77. The second kappa shape index (κ2) is 5.55. The highest BCUT2D eigenvalue weighted by Crippen LogP contribution is 2.12. The zero-order chi connectivity index (χ0) is 12.1. The SMILES string of the molecule is CC(NC(=O)C(CN)C(C)C)c1nn[nH]n1. The fourth-order valence-corrected chi connectivity index (χ4v) is 1.42. The van der Waals surface area contributed by atoms with E-state index in [4.69, 9.17) is 5.73 Å². The van der Waals surface area contributed by atoms with Crippen molar-refractivity contribution in [1.29, 1.82) is 0 Å². The third kappa shape index (κ3) is 2.99. The number of H-pyrrole nitrogens is 1. The lowest BCUT2D eigenvalue weighted by atomic mass is 9.95. The molecule has 2 atom stereocenters. The average Bonchev–Trinajstić information content (AvgIpc) is 2.70. The quantitative estimate of drug-likeness (QED) is 0.633. The molecule has 0 aliphatic heterocycles. The number of hydrogen-bond acceptors (Lipinski definition) is 5. The maximum atomic E-state index is 11.8. The maximum Gasteiger partial charge on any atom is 0.225 e. The first kappa shape index (κ1) is 12.6. The summed E-state index contributed by atoms with van der Waals surface area (Å²) in [6.07, 6.45) is 0. The molecule has 0 fully saturated rings. The first-order chi connectivity index (χ1) is 7.56. The molecular weight excluding hydrogens is 208 g/mol. The molecule has 0 saturated heterocycles. The Kier molecular flexibility index (Phi) is 4.36. The third-order valence-electron chi connectivity index (χ3n) is 2.50. The highest BCUT2D eigenvalue weighted by molar-refractivity contribution is 5.79. The summed E-state index contributed by atoms with van der Waals surface area (Å²) in [5.41, 5.74) is 5.56. The molecule has 1 rings (SSSR count). The van der Waals surface area contributed by atoms with Crippen LogP contribution in [0.4, 0.5) is 0 Å². The number of aromatic nitrogens is 4. The van der Waals surface area contributed by atoms with Crippen LogP contribution in [0.1, 0.15) is 32.6 Å². The van der Waals surface area contributed by atoms with Gasteiger partial charge in [-0.05, 0) is 12.8 Å². The lowest BCUT2D eigenvalue weighted by Crippen LogP contribution is -2.39. The van der Waals surface area contributed by atoms with Crippen LogP contribution >= 0.6 is 0 Å². The number of hydrogen-bond donors (Lipinski definition) is 3. The fourth-order valence-electron chi connectivity index (χ4n) is 1.42. The van der Waals surface area contributed by atoms with Crippen LogP contribution in [0.3, 0.4) is 0 Å². The molecule has 1 aromatic rings. The van der Waals surface area contributed by atoms with Crippen LogP contribution in [0, 0.1) is 11.8 Å². The van der Waals surface area contributed by atoms with Gasteiger partial charge in [-0.1, -0.05) is 19.1 Å². The molecule has 0 aliphatic rings. The number of carbonyl (C=O) groups is 1. The van der Waals surface area contributed by atoms with Crippen molar-refractivity contribution < 1.29 is 4.79 Å². The van der Waals surface area contributed by atoms with E-state index < -0.39 is 0 Å². The van der Waals surface area contributed by atoms with E-state index in [1.165, 1.54) is 0 Å². The molecule has 7 heteroatoms. The number of tetrazole rings is 1. The van der Waals surface area contributed by atoms with Crippen molar-refractivity contribution in [2.75, 3.05) is 6.54 Å². The molecule has 4 N–H and O–H groups in total. The van der Waals surface area contributed by atoms with E-state index in [0.29, 0.717) is 12.4 Å². The summed E-state index contributed by atoms with van der Waals surface area (Å²) < 4.78 is 0. The van der Waals surface area contributed by atoms with Gasteiger partial charge in [0.15, 0.2) is 5.82 Å². The number of amides is 1. The van der Waals surface area contributed by atoms with Crippen LogP contribution in [0.15, 0.2) is 0 Å². The van der Waals surface area contributed by atoms with E-state index in [0.717, 1.165) is 0 Å².